The van der Waals surface area contributed by atoms with Gasteiger partial charge in [-0.05, 0) is 266 Å². The number of halogens is 16. The molecule has 4 heterocycles. The maximum atomic E-state index is 12.8. The molecule has 26 heteroatoms. The smallest absolute Gasteiger partial charge is 0.416 e. The summed E-state index contributed by atoms with van der Waals surface area (Å²) in [7, 11) is 5.94. The molecule has 3 saturated heterocycles. The minimum atomic E-state index is -4.26. The third-order valence-corrected chi connectivity index (χ3v) is 20.2. The van der Waals surface area contributed by atoms with Gasteiger partial charge in [0, 0.05) is 116 Å². The first-order valence-electron chi connectivity index (χ1n) is 41.7. The van der Waals surface area contributed by atoms with Crippen molar-refractivity contribution in [2.75, 3.05) is 86.7 Å². The molecule has 9 aromatic rings. The lowest BCUT2D eigenvalue weighted by Crippen LogP contribution is -2.43. The molecule has 1 aliphatic carbocycles. The number of rotatable bonds is 14. The zero-order valence-corrected chi connectivity index (χ0v) is 75.3. The predicted molar refractivity (Wildman–Crippen MR) is 468 cm³/mol. The third kappa shape index (κ3) is 42.7. The molecule has 0 unspecified atom stereocenters. The monoisotopic (exact) mass is 1760 g/mol. The molecule has 1 N–H and O–H groups in total. The Kier molecular flexibility index (Phi) is 41.7. The van der Waals surface area contributed by atoms with Crippen molar-refractivity contribution in [3.8, 4) is 17.6 Å². The molecule has 0 radical (unpaired) electrons. The highest BCUT2D eigenvalue weighted by Crippen LogP contribution is 2.36. The van der Waals surface area contributed by atoms with Crippen molar-refractivity contribution in [3.05, 3.63) is 299 Å². The van der Waals surface area contributed by atoms with Crippen molar-refractivity contribution in [3.63, 3.8) is 0 Å². The second-order valence-electron chi connectivity index (χ2n) is 33.6. The average molecular weight is 1760 g/mol. The molecule has 1 saturated carbocycles. The molecular formula is C99H124F16N8O2. The molecule has 0 spiro atoms. The highest BCUT2D eigenvalue weighted by molar-refractivity contribution is 5.37. The van der Waals surface area contributed by atoms with E-state index in [4.69, 9.17) is 10.00 Å². The number of ether oxygens (including phenoxy) is 2. The van der Waals surface area contributed by atoms with Gasteiger partial charge in [0.05, 0.1) is 40.8 Å². The molecule has 0 bridgehead atoms. The number of hydrogen-bond donors (Lipinski definition) is 1. The van der Waals surface area contributed by atoms with Gasteiger partial charge in [0.1, 0.15) is 11.5 Å². The number of aromatic nitrogens is 1. The molecule has 10 nitrogen and oxygen atoms in total. The summed E-state index contributed by atoms with van der Waals surface area (Å²) in [4.78, 5) is 15.3. The van der Waals surface area contributed by atoms with E-state index in [1.807, 2.05) is 95.3 Å². The topological polar surface area (TPSA) is 83.4 Å². The maximum Gasteiger partial charge on any atom is 0.416 e. The Hall–Kier alpha value is -9.36. The van der Waals surface area contributed by atoms with Gasteiger partial charge >= 0.3 is 30.8 Å². The van der Waals surface area contributed by atoms with E-state index in [2.05, 4.69) is 97.8 Å². The quantitative estimate of drug-likeness (QED) is 0.106. The van der Waals surface area contributed by atoms with Gasteiger partial charge < -0.3 is 24.6 Å². The van der Waals surface area contributed by atoms with Crippen LogP contribution < -0.4 is 14.8 Å². The molecule has 3 aliphatic heterocycles. The number of aryl methyl sites for hydroxylation is 11. The lowest BCUT2D eigenvalue weighted by molar-refractivity contribution is -0.159. The van der Waals surface area contributed by atoms with E-state index in [1.54, 1.807) is 79.1 Å². The van der Waals surface area contributed by atoms with Crippen LogP contribution in [0.5, 0.6) is 11.5 Å². The van der Waals surface area contributed by atoms with Gasteiger partial charge in [-0.25, -0.2) is 8.78 Å². The fraction of sp³-hybridized carbons (Fsp3) is 0.455. The van der Waals surface area contributed by atoms with Crippen LogP contribution in [0.1, 0.15) is 177 Å². The minimum absolute atomic E-state index is 0.0301. The summed E-state index contributed by atoms with van der Waals surface area (Å²) in [6.07, 6.45) is -11.5. The Labute approximate surface area is 730 Å². The number of likely N-dealkylation sites (N-methyl/N-ethyl adjacent to an activating group) is 2. The van der Waals surface area contributed by atoms with Crippen molar-refractivity contribution in [1.82, 2.24) is 34.8 Å². The van der Waals surface area contributed by atoms with Crippen LogP contribution in [0, 0.1) is 87.5 Å². The second-order valence-corrected chi connectivity index (χ2v) is 33.6. The first kappa shape index (κ1) is 106. The summed E-state index contributed by atoms with van der Waals surface area (Å²) in [5, 5.41) is 12.1. The molecule has 684 valence electrons. The van der Waals surface area contributed by atoms with Crippen LogP contribution in [-0.4, -0.2) is 128 Å². The number of alkyl halides is 16. The van der Waals surface area contributed by atoms with Gasteiger partial charge in [-0.3, -0.25) is 19.7 Å². The summed E-state index contributed by atoms with van der Waals surface area (Å²) < 4.78 is 210. The van der Waals surface area contributed by atoms with E-state index >= 15 is 0 Å². The minimum Gasteiger partial charge on any atom is -0.497 e. The molecule has 0 atom stereocenters. The molecule has 8 aromatic carbocycles. The van der Waals surface area contributed by atoms with Crippen molar-refractivity contribution in [2.24, 2.45) is 0 Å². The number of methoxy groups -OCH3 is 1. The van der Waals surface area contributed by atoms with Crippen molar-refractivity contribution in [1.29, 1.82) is 5.26 Å². The largest absolute Gasteiger partial charge is 0.497 e. The van der Waals surface area contributed by atoms with Gasteiger partial charge in [0.2, 0.25) is 0 Å². The zero-order chi connectivity index (χ0) is 93.4. The number of hydrogen-bond acceptors (Lipinski definition) is 10. The first-order valence-corrected chi connectivity index (χ1v) is 41.7. The van der Waals surface area contributed by atoms with Gasteiger partial charge in [0.25, 0.3) is 5.92 Å². The predicted octanol–water partition coefficient (Wildman–Crippen LogP) is 25.7. The van der Waals surface area contributed by atoms with Crippen LogP contribution in [0.3, 0.4) is 0 Å². The molecule has 13 rings (SSSR count). The summed E-state index contributed by atoms with van der Waals surface area (Å²) in [6.45, 7) is 39.3. The van der Waals surface area contributed by atoms with Crippen LogP contribution in [0.15, 0.2) is 182 Å². The number of likely N-dealkylation sites (tertiary alicyclic amines) is 1. The summed E-state index contributed by atoms with van der Waals surface area (Å²) in [5.74, 6) is -1.66. The highest BCUT2D eigenvalue weighted by atomic mass is 19.4. The first-order chi connectivity index (χ1) is 58.1. The van der Waals surface area contributed by atoms with Crippen LogP contribution in [0.4, 0.5) is 70.2 Å². The van der Waals surface area contributed by atoms with E-state index in [0.29, 0.717) is 59.1 Å². The van der Waals surface area contributed by atoms with E-state index in [0.717, 1.165) is 131 Å². The number of pyridine rings is 1. The third-order valence-electron chi connectivity index (χ3n) is 20.2. The van der Waals surface area contributed by atoms with Crippen LogP contribution in [0.25, 0.3) is 0 Å². The Morgan fingerprint density at radius 1 is 0.360 bits per heavy atom. The van der Waals surface area contributed by atoms with Crippen molar-refractivity contribution >= 4 is 0 Å². The molecular weight excluding hydrogens is 1640 g/mol. The van der Waals surface area contributed by atoms with E-state index in [-0.39, 0.29) is 16.7 Å². The second kappa shape index (κ2) is 49.1. The van der Waals surface area contributed by atoms with Crippen molar-refractivity contribution < 1.29 is 79.7 Å². The Morgan fingerprint density at radius 2 is 0.688 bits per heavy atom. The summed E-state index contributed by atoms with van der Waals surface area (Å²) >= 11 is 0. The molecule has 4 aliphatic rings. The normalized spacial score (nSPS) is 14.9. The number of piperazine rings is 2. The van der Waals surface area contributed by atoms with Crippen LogP contribution >= 0.6 is 0 Å². The fourth-order valence-electron chi connectivity index (χ4n) is 13.6. The zero-order valence-electron chi connectivity index (χ0n) is 75.3. The Balaban J connectivity index is 0.000000252. The lowest BCUT2D eigenvalue weighted by Gasteiger charge is -2.32. The van der Waals surface area contributed by atoms with E-state index in [1.165, 1.54) is 115 Å². The van der Waals surface area contributed by atoms with Crippen LogP contribution in [0.2, 0.25) is 0 Å². The maximum absolute atomic E-state index is 12.8. The lowest BCUT2D eigenvalue weighted by atomic mass is 9.86. The molecule has 4 fully saturated rings. The molecule has 1 aromatic heterocycles. The number of piperidine rings is 1. The Bertz CT molecular complexity index is 4750. The summed E-state index contributed by atoms with van der Waals surface area (Å²) in [5.41, 5.74) is 12.3. The summed E-state index contributed by atoms with van der Waals surface area (Å²) in [6, 6.07) is 50.6. The fourth-order valence-corrected chi connectivity index (χ4v) is 13.6. The SMILES string of the molecule is COc1cccc(C)c1.Cc1cc(C)cc(C(F)(F)F)c1.Cc1cc(C)cc(CN2CCN(C)CC2)c1.Cc1cc(CN2CCCCC2)cc(C(F)(F)F)c1.Cc1cc(CN2CCN(C)CC2)cc(C(F)(F)F)c1.Cc1cc(CNC2CC2)cc(C(F)(F)F)c1.Cc1cccc(C(C)(C)C#N)c1.Cc1cccc(OC(C)(F)F)c1.Cc1cncc(C(C)(F)F)c1. The van der Waals surface area contributed by atoms with E-state index in [9.17, 15) is 70.2 Å². The number of benzene rings is 8. The van der Waals surface area contributed by atoms with Gasteiger partial charge in [-0.1, -0.05) is 142 Å². The Morgan fingerprint density at radius 3 is 1.03 bits per heavy atom. The van der Waals surface area contributed by atoms with E-state index < -0.39 is 59.0 Å². The van der Waals surface area contributed by atoms with Gasteiger partial charge in [0.15, 0.2) is 0 Å². The molecule has 125 heavy (non-hydrogen) atoms. The number of nitrogens with one attached hydrogen (secondary N) is 1. The van der Waals surface area contributed by atoms with Crippen LogP contribution in [-0.2, 0) is 62.2 Å². The number of nitrogens with zero attached hydrogens (tertiary/aromatic N) is 7. The van der Waals surface area contributed by atoms with Gasteiger partial charge in [-0.15, -0.1) is 0 Å². The highest BCUT2D eigenvalue weighted by Gasteiger charge is 2.35. The standard InChI is InChI=1S/C14H19F3N2.C14H18F3N.C14H22N2.C12H14F3N.C11H13N.C9H9F3.C9H10F2O.C8H9F2N.C8H10O/c1-11-7-12(9-13(8-11)14(15,16)17)10-19-5-3-18(2)4-6-19;1-11-7-12(9-13(8-11)14(15,16)17)10-18-5-3-2-4-6-18;1-12-8-13(2)10-14(9-12)11-16-6-4-15(3)5-7-16;1-8-4-9(7-16-11-2-3-11)6-10(5-8)12(13,14)15;1-9-5-4-6-10(7-9)11(2,3)8-12;1-6-3-7(2)5-8(4-6)9(10,11)12;1-7-4-3-5-8(6-7)12-9(2,10)11;1-6-3-7(5-11-4-6)8(2,9)10;1-7-4-3-5-8(6-7)9-2/h7-9H,3-6,10H2,1-2H3;7-9H,2-6,10H2,1H3;8-10H,4-7,11H2,1-3H3;4-6,11,16H,2-3,7H2,1H3;4-7H,1-3H3;3-5H,1-2H3;3-6H,1-2H3;3-5H,1-2H3;3-6H,1-2H3. The average Bonchev–Trinajstić information content (AvgIpc) is 1.87. The van der Waals surface area contributed by atoms with Crippen molar-refractivity contribution in [2.45, 2.75) is 210 Å². The molecule has 0 amide bonds. The number of nitriles is 1. The van der Waals surface area contributed by atoms with Gasteiger partial charge in [-0.2, -0.15) is 66.7 Å².